The van der Waals surface area contributed by atoms with Gasteiger partial charge in [-0.05, 0) is 20.3 Å². The number of halogens is 2. The van der Waals surface area contributed by atoms with Crippen molar-refractivity contribution in [3.05, 3.63) is 6.92 Å². The third-order valence-corrected chi connectivity index (χ3v) is 5.41. The molecule has 0 bridgehead atoms. The summed E-state index contributed by atoms with van der Waals surface area (Å²) in [4.78, 5) is 0. The van der Waals surface area contributed by atoms with Crippen molar-refractivity contribution >= 4 is 45.2 Å². The Morgan fingerprint density at radius 3 is 2.40 bits per heavy atom. The van der Waals surface area contributed by atoms with Gasteiger partial charge in [-0.3, -0.25) is 0 Å². The van der Waals surface area contributed by atoms with Crippen LogP contribution in [0.25, 0.3) is 0 Å². The maximum Gasteiger partial charge on any atom is 0.0312 e. The zero-order chi connectivity index (χ0) is 8.20. The van der Waals surface area contributed by atoms with Gasteiger partial charge < -0.3 is 0 Å². The first-order valence-electron chi connectivity index (χ1n) is 3.66. The second kappa shape index (κ2) is 5.17. The summed E-state index contributed by atoms with van der Waals surface area (Å²) in [5.41, 5.74) is 0. The normalized spacial score (nSPS) is 15.3. The van der Waals surface area contributed by atoms with E-state index in [0.717, 1.165) is 0 Å². The minimum atomic E-state index is 0.216. The fourth-order valence-electron chi connectivity index (χ4n) is 0.684. The van der Waals surface area contributed by atoms with Crippen LogP contribution in [0.4, 0.5) is 0 Å². The van der Waals surface area contributed by atoms with Gasteiger partial charge in [0.15, 0.2) is 0 Å². The van der Waals surface area contributed by atoms with Gasteiger partial charge in [0.05, 0.1) is 0 Å². The molecule has 0 aliphatic heterocycles. The van der Waals surface area contributed by atoms with E-state index in [4.69, 9.17) is 0 Å². The minimum absolute atomic E-state index is 0.216. The van der Waals surface area contributed by atoms with Crippen LogP contribution < -0.4 is 0 Å². The molecule has 0 saturated heterocycles. The van der Waals surface area contributed by atoms with Crippen molar-refractivity contribution < 1.29 is 0 Å². The van der Waals surface area contributed by atoms with Crippen LogP contribution in [0.15, 0.2) is 0 Å². The molecule has 0 aromatic carbocycles. The molecular formula is C8H15I2. The number of alkyl halides is 2. The number of hydrogen-bond donors (Lipinski definition) is 0. The molecule has 2 unspecified atom stereocenters. The molecule has 0 spiro atoms. The van der Waals surface area contributed by atoms with E-state index in [1.54, 1.807) is 0 Å². The van der Waals surface area contributed by atoms with Crippen molar-refractivity contribution in [3.63, 3.8) is 0 Å². The highest BCUT2D eigenvalue weighted by molar-refractivity contribution is 14.1. The maximum absolute atomic E-state index is 4.10. The van der Waals surface area contributed by atoms with E-state index >= 15 is 0 Å². The van der Waals surface area contributed by atoms with Gasteiger partial charge in [-0.25, -0.2) is 0 Å². The Morgan fingerprint density at radius 2 is 2.10 bits per heavy atom. The fourth-order valence-corrected chi connectivity index (χ4v) is 1.44. The molecule has 2 heteroatoms. The van der Waals surface area contributed by atoms with Crippen molar-refractivity contribution in [2.24, 2.45) is 0 Å². The molecule has 0 aromatic heterocycles. The molecule has 0 aliphatic carbocycles. The fraction of sp³-hybridized carbons (Fsp3) is 0.875. The quantitative estimate of drug-likeness (QED) is 0.522. The third-order valence-electron chi connectivity index (χ3n) is 1.46. The highest BCUT2D eigenvalue weighted by atomic mass is 127. The van der Waals surface area contributed by atoms with E-state index in [2.05, 4.69) is 66.0 Å². The molecule has 0 amide bonds. The van der Waals surface area contributed by atoms with Crippen molar-refractivity contribution in [3.8, 4) is 0 Å². The van der Waals surface area contributed by atoms with Gasteiger partial charge in [-0.2, -0.15) is 0 Å². The summed E-state index contributed by atoms with van der Waals surface area (Å²) >= 11 is 4.93. The Balaban J connectivity index is 3.52. The van der Waals surface area contributed by atoms with E-state index in [0.29, 0.717) is 3.92 Å². The molecular weight excluding hydrogens is 350 g/mol. The number of unbranched alkanes of at least 4 members (excludes halogenated alkanes) is 1. The van der Waals surface area contributed by atoms with Crippen molar-refractivity contribution in [1.29, 1.82) is 0 Å². The highest BCUT2D eigenvalue weighted by Gasteiger charge is 2.22. The third kappa shape index (κ3) is 5.16. The molecule has 0 rings (SSSR count). The van der Waals surface area contributed by atoms with Gasteiger partial charge in [-0.15, -0.1) is 0 Å². The second-order valence-corrected chi connectivity index (χ2v) is 6.86. The summed E-state index contributed by atoms with van der Waals surface area (Å²) in [7, 11) is 0. The Labute approximate surface area is 91.8 Å². The first-order chi connectivity index (χ1) is 4.48. The maximum atomic E-state index is 4.10. The van der Waals surface area contributed by atoms with Crippen molar-refractivity contribution in [1.82, 2.24) is 0 Å². The molecule has 61 valence electrons. The summed E-state index contributed by atoms with van der Waals surface area (Å²) < 4.78 is 0.929. The second-order valence-electron chi connectivity index (χ2n) is 2.89. The summed E-state index contributed by atoms with van der Waals surface area (Å²) in [6, 6.07) is 0. The van der Waals surface area contributed by atoms with Crippen LogP contribution in [-0.2, 0) is 0 Å². The van der Waals surface area contributed by atoms with E-state index in [1.807, 2.05) is 0 Å². The molecule has 0 aliphatic rings. The molecule has 0 heterocycles. The lowest BCUT2D eigenvalue weighted by Crippen LogP contribution is -2.23. The molecule has 10 heavy (non-hydrogen) atoms. The van der Waals surface area contributed by atoms with Gasteiger partial charge in [0.2, 0.25) is 0 Å². The average Bonchev–Trinajstić information content (AvgIpc) is 1.80. The highest BCUT2D eigenvalue weighted by Crippen LogP contribution is 2.30. The van der Waals surface area contributed by atoms with E-state index in [1.165, 1.54) is 19.3 Å². The first kappa shape index (κ1) is 11.5. The predicted molar refractivity (Wildman–Crippen MR) is 65.1 cm³/mol. The number of rotatable bonds is 4. The molecule has 1 radical (unpaired) electrons. The molecule has 0 fully saturated rings. The first-order valence-corrected chi connectivity index (χ1v) is 5.99. The molecule has 0 nitrogen and oxygen atoms in total. The van der Waals surface area contributed by atoms with E-state index < -0.39 is 0 Å². The SMILES string of the molecule is [CH2]C(C)(I)C(I)CCCC. The molecule has 2 atom stereocenters. The Morgan fingerprint density at radius 1 is 1.60 bits per heavy atom. The van der Waals surface area contributed by atoms with Crippen LogP contribution in [-0.4, -0.2) is 7.35 Å². The predicted octanol–water partition coefficient (Wildman–Crippen LogP) is 4.01. The van der Waals surface area contributed by atoms with Gasteiger partial charge >= 0.3 is 0 Å². The van der Waals surface area contributed by atoms with Crippen LogP contribution in [0.5, 0.6) is 0 Å². The summed E-state index contributed by atoms with van der Waals surface area (Å²) in [6.45, 7) is 8.53. The zero-order valence-electron chi connectivity index (χ0n) is 6.66. The largest absolute Gasteiger partial charge is 0.0812 e. The van der Waals surface area contributed by atoms with Gasteiger partial charge in [0.25, 0.3) is 0 Å². The zero-order valence-corrected chi connectivity index (χ0v) is 11.0. The van der Waals surface area contributed by atoms with Crippen LogP contribution in [0, 0.1) is 6.92 Å². The van der Waals surface area contributed by atoms with Crippen LogP contribution in [0.2, 0.25) is 0 Å². The summed E-state index contributed by atoms with van der Waals surface area (Å²) in [6.07, 6.45) is 3.94. The Hall–Kier alpha value is 1.46. The van der Waals surface area contributed by atoms with E-state index in [9.17, 15) is 0 Å². The van der Waals surface area contributed by atoms with E-state index in [-0.39, 0.29) is 3.42 Å². The monoisotopic (exact) mass is 365 g/mol. The summed E-state index contributed by atoms with van der Waals surface area (Å²) in [5.74, 6) is 0. The molecule has 0 aromatic rings. The lowest BCUT2D eigenvalue weighted by atomic mass is 10.1. The van der Waals surface area contributed by atoms with Crippen LogP contribution in [0.3, 0.4) is 0 Å². The topological polar surface area (TPSA) is 0 Å². The van der Waals surface area contributed by atoms with Gasteiger partial charge in [0.1, 0.15) is 0 Å². The standard InChI is InChI=1S/C8H15I2/c1-4-5-6-7(9)8(2,3)10/h7H,2,4-6H2,1,3H3. The minimum Gasteiger partial charge on any atom is -0.0812 e. The molecule has 0 N–H and O–H groups in total. The van der Waals surface area contributed by atoms with Gasteiger partial charge in [-0.1, -0.05) is 64.9 Å². The smallest absolute Gasteiger partial charge is 0.0312 e. The Bertz CT molecular complexity index is 83.7. The van der Waals surface area contributed by atoms with Crippen molar-refractivity contribution in [2.75, 3.05) is 0 Å². The van der Waals surface area contributed by atoms with Crippen LogP contribution in [0.1, 0.15) is 33.1 Å². The molecule has 0 saturated carbocycles. The van der Waals surface area contributed by atoms with Crippen molar-refractivity contribution in [2.45, 2.75) is 40.5 Å². The average molecular weight is 365 g/mol. The number of hydrogen-bond acceptors (Lipinski definition) is 0. The van der Waals surface area contributed by atoms with Gasteiger partial charge in [0, 0.05) is 7.35 Å². The summed E-state index contributed by atoms with van der Waals surface area (Å²) in [5, 5.41) is 0. The lowest BCUT2D eigenvalue weighted by molar-refractivity contribution is 0.654. The van der Waals surface area contributed by atoms with Crippen LogP contribution >= 0.6 is 45.2 Å². The Kier molecular flexibility index (Phi) is 5.92. The lowest BCUT2D eigenvalue weighted by Gasteiger charge is -2.22.